The van der Waals surface area contributed by atoms with Crippen molar-refractivity contribution in [3.05, 3.63) is 0 Å². The molecule has 0 aromatic carbocycles. The molecule has 1 aliphatic heterocycles. The number of rotatable bonds is 7. The Morgan fingerprint density at radius 2 is 1.55 bits per heavy atom. The van der Waals surface area contributed by atoms with Crippen molar-refractivity contribution < 1.29 is 49.7 Å². The van der Waals surface area contributed by atoms with Crippen LogP contribution in [0.3, 0.4) is 0 Å². The number of carbonyl (C=O) groups is 2. The number of hydrogen-bond donors (Lipinski definition) is 6. The molecule has 0 spiro atoms. The van der Waals surface area contributed by atoms with Crippen LogP contribution in [-0.4, -0.2) is 85.5 Å². The Balaban J connectivity index is 1.23. The van der Waals surface area contributed by atoms with Gasteiger partial charge in [0, 0.05) is 6.42 Å². The Kier molecular flexibility index (Phi) is 9.09. The third kappa shape index (κ3) is 5.21. The molecule has 0 aromatic heterocycles. The van der Waals surface area contributed by atoms with E-state index >= 15 is 0 Å². The molecule has 5 fully saturated rings. The summed E-state index contributed by atoms with van der Waals surface area (Å²) in [6, 6.07) is 0. The van der Waals surface area contributed by atoms with E-state index in [0.717, 1.165) is 51.4 Å². The first-order chi connectivity index (χ1) is 19.7. The van der Waals surface area contributed by atoms with Gasteiger partial charge < -0.3 is 40.1 Å². The standard InChI is InChI=1S/C32H52O10/c1-5-17-21-14-16(33)10-12-32(21,4)20-11-13-31(3)18(7-8-19(31)23(20)24(17)35)15(2)6-9-22(34)41-30-27(38)25(36)26(37)28(42-30)29(39)40/h15-21,23-28,30,33,35-38H,5-14H2,1-4H3,(H,39,40)/t15-,16-,17-,18-,19?,20?,21+,23?,24-,25+,26+,27-,28+,30-,31-,32-/m1/s1. The Bertz CT molecular complexity index is 1010. The number of carbonyl (C=O) groups excluding carboxylic acids is 1. The number of fused-ring (bicyclic) bond motifs is 5. The quantitative estimate of drug-likeness (QED) is 0.240. The molecule has 3 unspecified atom stereocenters. The Morgan fingerprint density at radius 1 is 0.881 bits per heavy atom. The van der Waals surface area contributed by atoms with Crippen molar-refractivity contribution in [2.45, 2.75) is 135 Å². The summed E-state index contributed by atoms with van der Waals surface area (Å²) in [5.41, 5.74) is 0.201. The first-order valence-electron chi connectivity index (χ1n) is 16.2. The number of aliphatic hydroxyl groups excluding tert-OH is 5. The minimum Gasteiger partial charge on any atom is -0.479 e. The zero-order valence-corrected chi connectivity index (χ0v) is 25.5. The molecule has 10 nitrogen and oxygen atoms in total. The highest BCUT2D eigenvalue weighted by Crippen LogP contribution is 2.69. The van der Waals surface area contributed by atoms with E-state index in [4.69, 9.17) is 9.47 Å². The Morgan fingerprint density at radius 3 is 2.21 bits per heavy atom. The number of carboxylic acids is 1. The molecule has 10 heteroatoms. The van der Waals surface area contributed by atoms with Crippen molar-refractivity contribution in [3.8, 4) is 0 Å². The fourth-order valence-electron chi connectivity index (χ4n) is 10.8. The predicted molar refractivity (Wildman–Crippen MR) is 151 cm³/mol. The third-order valence-corrected chi connectivity index (χ3v) is 13.0. The lowest BCUT2D eigenvalue weighted by Gasteiger charge is -2.64. The van der Waals surface area contributed by atoms with E-state index in [9.17, 15) is 40.2 Å². The maximum atomic E-state index is 12.7. The van der Waals surface area contributed by atoms with Crippen LogP contribution in [0.15, 0.2) is 0 Å². The van der Waals surface area contributed by atoms with Crippen molar-refractivity contribution in [2.75, 3.05) is 0 Å². The number of esters is 1. The first-order valence-corrected chi connectivity index (χ1v) is 16.2. The van der Waals surface area contributed by atoms with Crippen LogP contribution in [0.2, 0.25) is 0 Å². The fraction of sp³-hybridized carbons (Fsp3) is 0.938. The van der Waals surface area contributed by atoms with E-state index in [2.05, 4.69) is 27.7 Å². The van der Waals surface area contributed by atoms with Crippen LogP contribution in [0.5, 0.6) is 0 Å². The molecular formula is C32H52O10. The van der Waals surface area contributed by atoms with E-state index in [1.807, 2.05) is 0 Å². The molecule has 16 atom stereocenters. The largest absolute Gasteiger partial charge is 0.479 e. The van der Waals surface area contributed by atoms with Gasteiger partial charge in [-0.15, -0.1) is 0 Å². The van der Waals surface area contributed by atoms with Gasteiger partial charge in [0.15, 0.2) is 6.10 Å². The second-order valence-electron chi connectivity index (χ2n) is 14.9. The predicted octanol–water partition coefficient (Wildman–Crippen LogP) is 2.46. The Labute approximate surface area is 248 Å². The average Bonchev–Trinajstić information content (AvgIpc) is 3.30. The van der Waals surface area contributed by atoms with Gasteiger partial charge in [-0.25, -0.2) is 4.79 Å². The molecule has 6 N–H and O–H groups in total. The molecule has 0 bridgehead atoms. The molecule has 4 aliphatic carbocycles. The number of ether oxygens (including phenoxy) is 2. The maximum absolute atomic E-state index is 12.7. The highest BCUT2D eigenvalue weighted by Gasteiger charge is 2.65. The van der Waals surface area contributed by atoms with Crippen LogP contribution in [0.1, 0.15) is 91.9 Å². The Hall–Kier alpha value is -1.30. The molecule has 0 amide bonds. The van der Waals surface area contributed by atoms with E-state index in [0.29, 0.717) is 30.1 Å². The van der Waals surface area contributed by atoms with Crippen molar-refractivity contribution >= 4 is 11.9 Å². The molecule has 42 heavy (non-hydrogen) atoms. The summed E-state index contributed by atoms with van der Waals surface area (Å²) in [6.07, 6.45) is -1.07. The van der Waals surface area contributed by atoms with Gasteiger partial charge in [0.1, 0.15) is 18.3 Å². The summed E-state index contributed by atoms with van der Waals surface area (Å²) in [4.78, 5) is 24.1. The van der Waals surface area contributed by atoms with E-state index < -0.39 is 42.6 Å². The topological polar surface area (TPSA) is 174 Å². The van der Waals surface area contributed by atoms with Crippen molar-refractivity contribution in [1.29, 1.82) is 0 Å². The minimum atomic E-state index is -1.84. The van der Waals surface area contributed by atoms with Crippen molar-refractivity contribution in [1.82, 2.24) is 0 Å². The van der Waals surface area contributed by atoms with Crippen LogP contribution in [0.4, 0.5) is 0 Å². The van der Waals surface area contributed by atoms with Gasteiger partial charge >= 0.3 is 11.9 Å². The van der Waals surface area contributed by atoms with Gasteiger partial charge in [-0.1, -0.05) is 34.1 Å². The van der Waals surface area contributed by atoms with Gasteiger partial charge in [0.05, 0.1) is 12.2 Å². The molecule has 1 saturated heterocycles. The van der Waals surface area contributed by atoms with Gasteiger partial charge in [-0.3, -0.25) is 4.79 Å². The zero-order chi connectivity index (χ0) is 30.7. The summed E-state index contributed by atoms with van der Waals surface area (Å²) in [5.74, 6) is 0.0872. The summed E-state index contributed by atoms with van der Waals surface area (Å²) < 4.78 is 10.3. The average molecular weight is 597 g/mol. The fourth-order valence-corrected chi connectivity index (χ4v) is 10.8. The van der Waals surface area contributed by atoms with Crippen molar-refractivity contribution in [3.63, 3.8) is 0 Å². The molecule has 0 radical (unpaired) electrons. The minimum absolute atomic E-state index is 0.0516. The highest BCUT2D eigenvalue weighted by molar-refractivity contribution is 5.73. The van der Waals surface area contributed by atoms with Crippen molar-refractivity contribution in [2.24, 2.45) is 52.3 Å². The smallest absolute Gasteiger partial charge is 0.335 e. The first kappa shape index (κ1) is 32.1. The van der Waals surface area contributed by atoms with Gasteiger partial charge in [-0.2, -0.15) is 0 Å². The van der Waals surface area contributed by atoms with Crippen LogP contribution >= 0.6 is 0 Å². The second-order valence-corrected chi connectivity index (χ2v) is 14.9. The SMILES string of the molecule is CC[C@H]1[C@@H](O)C2C3CC[C@H]([C@H](C)CCC(=O)O[C@@H]4O[C@H](C(=O)O)[C@@H](O)[C@H](O)[C@H]4O)[C@@]3(C)CCC2[C@@]2(C)CC[C@@H](O)C[C@@H]12. The number of hydrogen-bond acceptors (Lipinski definition) is 9. The van der Waals surface area contributed by atoms with Crippen LogP contribution in [-0.2, 0) is 19.1 Å². The molecule has 4 saturated carbocycles. The summed E-state index contributed by atoms with van der Waals surface area (Å²) in [6.45, 7) is 9.16. The van der Waals surface area contributed by atoms with Gasteiger partial charge in [0.25, 0.3) is 0 Å². The summed E-state index contributed by atoms with van der Waals surface area (Å²) in [5, 5.41) is 61.7. The molecule has 0 aromatic rings. The van der Waals surface area contributed by atoms with Crippen LogP contribution in [0.25, 0.3) is 0 Å². The van der Waals surface area contributed by atoms with E-state index in [-0.39, 0.29) is 47.2 Å². The number of carboxylic acid groups (broad SMARTS) is 1. The molecule has 1 heterocycles. The number of aliphatic hydroxyl groups is 5. The lowest BCUT2D eigenvalue weighted by molar-refractivity contribution is -0.286. The van der Waals surface area contributed by atoms with Crippen LogP contribution in [0, 0.1) is 52.3 Å². The molecule has 240 valence electrons. The summed E-state index contributed by atoms with van der Waals surface area (Å²) in [7, 11) is 0. The molecule has 5 rings (SSSR count). The lowest BCUT2D eigenvalue weighted by atomic mass is 9.41. The summed E-state index contributed by atoms with van der Waals surface area (Å²) >= 11 is 0. The number of aliphatic carboxylic acids is 1. The van der Waals surface area contributed by atoms with E-state index in [1.165, 1.54) is 0 Å². The molecular weight excluding hydrogens is 544 g/mol. The second kappa shape index (κ2) is 11.9. The highest BCUT2D eigenvalue weighted by atomic mass is 16.7. The molecule has 5 aliphatic rings. The van der Waals surface area contributed by atoms with E-state index in [1.54, 1.807) is 0 Å². The third-order valence-electron chi connectivity index (χ3n) is 13.0. The van der Waals surface area contributed by atoms with Gasteiger partial charge in [0.2, 0.25) is 6.29 Å². The lowest BCUT2D eigenvalue weighted by Crippen LogP contribution is -2.62. The zero-order valence-electron chi connectivity index (χ0n) is 25.5. The normalized spacial score (nSPS) is 51.1. The monoisotopic (exact) mass is 596 g/mol. The van der Waals surface area contributed by atoms with Crippen LogP contribution < -0.4 is 0 Å². The van der Waals surface area contributed by atoms with Gasteiger partial charge in [-0.05, 0) is 104 Å². The maximum Gasteiger partial charge on any atom is 0.335 e.